The van der Waals surface area contributed by atoms with Gasteiger partial charge in [0, 0.05) is 19.3 Å². The Labute approximate surface area is 187 Å². The van der Waals surface area contributed by atoms with Gasteiger partial charge in [0.15, 0.2) is 10.9 Å². The van der Waals surface area contributed by atoms with Crippen LogP contribution >= 0.6 is 12.2 Å². The van der Waals surface area contributed by atoms with E-state index in [4.69, 9.17) is 21.7 Å². The van der Waals surface area contributed by atoms with Gasteiger partial charge in [0.25, 0.3) is 0 Å². The van der Waals surface area contributed by atoms with E-state index in [1.54, 1.807) is 11.0 Å². The summed E-state index contributed by atoms with van der Waals surface area (Å²) >= 11 is 5.37. The molecule has 172 valence electrons. The summed E-state index contributed by atoms with van der Waals surface area (Å²) in [5.41, 5.74) is 0.348. The van der Waals surface area contributed by atoms with Crippen molar-refractivity contribution >= 4 is 29.0 Å². The number of alkyl halides is 3. The van der Waals surface area contributed by atoms with Crippen LogP contribution in [0.1, 0.15) is 10.4 Å². The van der Waals surface area contributed by atoms with Crippen molar-refractivity contribution in [2.24, 2.45) is 0 Å². The second-order valence-corrected chi connectivity index (χ2v) is 7.01. The van der Waals surface area contributed by atoms with Crippen LogP contribution in [0, 0.1) is 0 Å². The van der Waals surface area contributed by atoms with Gasteiger partial charge in [-0.1, -0.05) is 12.1 Å². The van der Waals surface area contributed by atoms with Crippen molar-refractivity contribution in [3.05, 3.63) is 48.3 Å². The molecule has 3 rings (SSSR count). The number of ether oxygens (including phenoxy) is 4. The number of carbonyl (C=O) groups is 1. The van der Waals surface area contributed by atoms with Crippen molar-refractivity contribution in [2.75, 3.05) is 38.7 Å². The summed E-state index contributed by atoms with van der Waals surface area (Å²) in [5.74, 6) is -0.546. The van der Waals surface area contributed by atoms with Crippen LogP contribution in [0.15, 0.2) is 42.7 Å². The number of nitrogens with one attached hydrogen (secondary N) is 1. The van der Waals surface area contributed by atoms with Crippen LogP contribution in [0.2, 0.25) is 0 Å². The number of para-hydroxylation sites is 2. The zero-order valence-corrected chi connectivity index (χ0v) is 17.7. The Balaban J connectivity index is 1.57. The molecule has 0 bridgehead atoms. The smallest absolute Gasteiger partial charge is 0.489 e. The van der Waals surface area contributed by atoms with Crippen molar-refractivity contribution in [2.45, 2.75) is 12.5 Å². The van der Waals surface area contributed by atoms with Crippen LogP contribution in [0.3, 0.4) is 0 Å². The molecule has 1 unspecified atom stereocenters. The van der Waals surface area contributed by atoms with Gasteiger partial charge in [0.2, 0.25) is 0 Å². The van der Waals surface area contributed by atoms with Crippen molar-refractivity contribution in [3.63, 3.8) is 0 Å². The van der Waals surface area contributed by atoms with Gasteiger partial charge in [0.05, 0.1) is 31.2 Å². The number of pyridine rings is 1. The summed E-state index contributed by atoms with van der Waals surface area (Å²) in [5, 5.41) is 3.03. The first kappa shape index (κ1) is 23.5. The molecule has 0 amide bonds. The van der Waals surface area contributed by atoms with E-state index in [9.17, 15) is 18.0 Å². The van der Waals surface area contributed by atoms with Crippen LogP contribution < -0.4 is 14.8 Å². The lowest BCUT2D eigenvalue weighted by Crippen LogP contribution is -2.49. The van der Waals surface area contributed by atoms with Gasteiger partial charge in [-0.05, 0) is 30.4 Å². The van der Waals surface area contributed by atoms with Crippen molar-refractivity contribution in [1.82, 2.24) is 9.88 Å². The van der Waals surface area contributed by atoms with E-state index in [-0.39, 0.29) is 34.8 Å². The number of methoxy groups -OCH3 is 1. The van der Waals surface area contributed by atoms with Gasteiger partial charge >= 0.3 is 12.3 Å². The maximum absolute atomic E-state index is 12.6. The molecule has 1 aromatic carbocycles. The Morgan fingerprint density at radius 1 is 1.34 bits per heavy atom. The predicted octanol–water partition coefficient (Wildman–Crippen LogP) is 3.24. The van der Waals surface area contributed by atoms with Gasteiger partial charge in [-0.3, -0.25) is 4.98 Å². The maximum Gasteiger partial charge on any atom is 0.573 e. The van der Waals surface area contributed by atoms with E-state index in [0.29, 0.717) is 25.4 Å². The zero-order valence-electron chi connectivity index (χ0n) is 16.9. The van der Waals surface area contributed by atoms with Gasteiger partial charge in [-0.2, -0.15) is 0 Å². The Morgan fingerprint density at radius 3 is 2.88 bits per heavy atom. The third kappa shape index (κ3) is 6.69. The van der Waals surface area contributed by atoms with Crippen LogP contribution in [0.5, 0.6) is 11.5 Å². The summed E-state index contributed by atoms with van der Waals surface area (Å²) in [7, 11) is 1.27. The fraction of sp³-hybridized carbons (Fsp3) is 0.350. The van der Waals surface area contributed by atoms with E-state index in [1.807, 2.05) is 0 Å². The predicted molar refractivity (Wildman–Crippen MR) is 112 cm³/mol. The molecule has 1 aromatic heterocycles. The molecule has 0 radical (unpaired) electrons. The summed E-state index contributed by atoms with van der Waals surface area (Å²) in [4.78, 5) is 17.3. The number of halogens is 3. The van der Waals surface area contributed by atoms with Gasteiger partial charge in [-0.25, -0.2) is 4.79 Å². The molecule has 0 aliphatic carbocycles. The number of rotatable bonds is 6. The second-order valence-electron chi connectivity index (χ2n) is 6.62. The monoisotopic (exact) mass is 471 g/mol. The second kappa shape index (κ2) is 10.5. The number of nitrogens with zero attached hydrogens (tertiary/aromatic N) is 2. The lowest BCUT2D eigenvalue weighted by atomic mass is 10.2. The molecule has 0 spiro atoms. The average Bonchev–Trinajstić information content (AvgIpc) is 2.78. The highest BCUT2D eigenvalue weighted by atomic mass is 32.1. The number of morpholine rings is 1. The molecule has 32 heavy (non-hydrogen) atoms. The third-order valence-corrected chi connectivity index (χ3v) is 4.71. The van der Waals surface area contributed by atoms with E-state index < -0.39 is 12.3 Å². The van der Waals surface area contributed by atoms with Crippen LogP contribution in [-0.4, -0.2) is 66.8 Å². The summed E-state index contributed by atoms with van der Waals surface area (Å²) < 4.78 is 57.9. The zero-order chi connectivity index (χ0) is 23.1. The van der Waals surface area contributed by atoms with E-state index in [0.717, 1.165) is 0 Å². The molecule has 0 saturated carbocycles. The molecule has 8 nitrogen and oxygen atoms in total. The van der Waals surface area contributed by atoms with Crippen LogP contribution in [0.4, 0.5) is 18.9 Å². The molecule has 1 fully saturated rings. The number of anilines is 1. The Hall–Kier alpha value is -3.12. The lowest BCUT2D eigenvalue weighted by Gasteiger charge is -2.34. The molecule has 1 aliphatic heterocycles. The number of benzene rings is 1. The van der Waals surface area contributed by atoms with E-state index in [1.165, 1.54) is 43.8 Å². The Kier molecular flexibility index (Phi) is 7.70. The van der Waals surface area contributed by atoms with Crippen molar-refractivity contribution in [1.29, 1.82) is 0 Å². The van der Waals surface area contributed by atoms with Crippen LogP contribution in [-0.2, 0) is 9.47 Å². The number of thiocarbonyl (C=S) groups is 1. The quantitative estimate of drug-likeness (QED) is 0.504. The van der Waals surface area contributed by atoms with Crippen molar-refractivity contribution < 1.29 is 36.9 Å². The summed E-state index contributed by atoms with van der Waals surface area (Å²) in [6.45, 7) is 1.29. The van der Waals surface area contributed by atoms with Crippen LogP contribution in [0.25, 0.3) is 0 Å². The SMILES string of the molecule is COC(=O)c1cncc(OCC2CN(C(=S)Nc3ccccc3OC(F)(F)F)CCO2)c1. The molecule has 1 saturated heterocycles. The molecule has 12 heteroatoms. The highest BCUT2D eigenvalue weighted by Gasteiger charge is 2.32. The minimum absolute atomic E-state index is 0.0971. The molecule has 1 atom stereocenters. The Bertz CT molecular complexity index is 960. The first-order chi connectivity index (χ1) is 15.2. The van der Waals surface area contributed by atoms with Gasteiger partial charge in [0.1, 0.15) is 18.5 Å². The molecule has 2 heterocycles. The fourth-order valence-electron chi connectivity index (χ4n) is 2.90. The van der Waals surface area contributed by atoms with Gasteiger partial charge < -0.3 is 29.2 Å². The normalized spacial score (nSPS) is 16.2. The maximum atomic E-state index is 12.6. The summed E-state index contributed by atoms with van der Waals surface area (Å²) in [6, 6.07) is 7.14. The molecule has 1 aliphatic rings. The molecule has 1 N–H and O–H groups in total. The Morgan fingerprint density at radius 2 is 2.12 bits per heavy atom. The van der Waals surface area contributed by atoms with E-state index in [2.05, 4.69) is 19.8 Å². The summed E-state index contributed by atoms with van der Waals surface area (Å²) in [6.07, 6.45) is -2.37. The largest absolute Gasteiger partial charge is 0.573 e. The van der Waals surface area contributed by atoms with Crippen molar-refractivity contribution in [3.8, 4) is 11.5 Å². The topological polar surface area (TPSA) is 82.2 Å². The number of hydrogen-bond donors (Lipinski definition) is 1. The standard InChI is InChI=1S/C20H20F3N3O5S/c1-28-18(27)13-8-14(10-24-9-13)30-12-15-11-26(6-7-29-15)19(32)25-16-4-2-3-5-17(16)31-20(21,22)23/h2-5,8-10,15H,6-7,11-12H2,1H3,(H,25,32). The fourth-order valence-corrected chi connectivity index (χ4v) is 3.17. The average molecular weight is 471 g/mol. The van der Waals surface area contributed by atoms with Gasteiger partial charge in [-0.15, -0.1) is 13.2 Å². The highest BCUT2D eigenvalue weighted by molar-refractivity contribution is 7.80. The first-order valence-electron chi connectivity index (χ1n) is 9.43. The number of hydrogen-bond acceptors (Lipinski definition) is 7. The number of aromatic nitrogens is 1. The minimum atomic E-state index is -4.82. The first-order valence-corrected chi connectivity index (χ1v) is 9.84. The molecular weight excluding hydrogens is 451 g/mol. The van der Waals surface area contributed by atoms with E-state index >= 15 is 0 Å². The number of esters is 1. The number of carbonyl (C=O) groups excluding carboxylic acids is 1. The molecule has 2 aromatic rings. The molecular formula is C20H20F3N3O5S. The minimum Gasteiger partial charge on any atom is -0.489 e. The highest BCUT2D eigenvalue weighted by Crippen LogP contribution is 2.30. The lowest BCUT2D eigenvalue weighted by molar-refractivity contribution is -0.274. The third-order valence-electron chi connectivity index (χ3n) is 4.35.